The van der Waals surface area contributed by atoms with Crippen LogP contribution < -0.4 is 5.32 Å². The molecule has 2 aromatic heterocycles. The molecule has 2 heterocycles. The first-order chi connectivity index (χ1) is 18.9. The second kappa shape index (κ2) is 13.2. The Morgan fingerprint density at radius 1 is 1.03 bits per heavy atom. The van der Waals surface area contributed by atoms with Gasteiger partial charge in [-0.05, 0) is 66.2 Å². The summed E-state index contributed by atoms with van der Waals surface area (Å²) < 4.78 is 33.5. The molecular formula is C30H29N3O4S2. The van der Waals surface area contributed by atoms with Crippen molar-refractivity contribution in [3.8, 4) is 23.0 Å². The van der Waals surface area contributed by atoms with Crippen LogP contribution in [0.1, 0.15) is 30.7 Å². The zero-order chi connectivity index (χ0) is 27.7. The lowest BCUT2D eigenvalue weighted by Crippen LogP contribution is -2.30. The monoisotopic (exact) mass is 559 g/mol. The molecule has 0 saturated heterocycles. The normalized spacial score (nSPS) is 11.1. The molecule has 4 aromatic rings. The van der Waals surface area contributed by atoms with Crippen molar-refractivity contribution in [3.05, 3.63) is 100 Å². The molecule has 0 radical (unpaired) electrons. The highest BCUT2D eigenvalue weighted by atomic mass is 32.2. The summed E-state index contributed by atoms with van der Waals surface area (Å²) >= 11 is 1.33. The van der Waals surface area contributed by atoms with E-state index < -0.39 is 10.0 Å². The van der Waals surface area contributed by atoms with Crippen LogP contribution in [0.2, 0.25) is 0 Å². The average molecular weight is 560 g/mol. The largest absolute Gasteiger partial charge is 0.465 e. The van der Waals surface area contributed by atoms with Crippen LogP contribution in [0.15, 0.2) is 88.5 Å². The van der Waals surface area contributed by atoms with Gasteiger partial charge in [0, 0.05) is 17.5 Å². The Balaban J connectivity index is 1.56. The summed E-state index contributed by atoms with van der Waals surface area (Å²) in [5.74, 6) is 6.07. The van der Waals surface area contributed by atoms with Crippen molar-refractivity contribution in [2.75, 3.05) is 18.5 Å². The number of hydrogen-bond donors (Lipinski definition) is 1. The lowest BCUT2D eigenvalue weighted by Gasteiger charge is -2.22. The topological polar surface area (TPSA) is 88.6 Å². The van der Waals surface area contributed by atoms with E-state index in [4.69, 9.17) is 4.74 Å². The average Bonchev–Trinajstić information content (AvgIpc) is 3.49. The van der Waals surface area contributed by atoms with Crippen LogP contribution >= 0.6 is 11.3 Å². The van der Waals surface area contributed by atoms with Crippen LogP contribution in [0.5, 0.6) is 0 Å². The summed E-state index contributed by atoms with van der Waals surface area (Å²) in [6.45, 7) is 4.05. The summed E-state index contributed by atoms with van der Waals surface area (Å²) in [6, 6.07) is 22.7. The van der Waals surface area contributed by atoms with Crippen molar-refractivity contribution in [2.45, 2.75) is 31.8 Å². The van der Waals surface area contributed by atoms with Crippen LogP contribution in [-0.2, 0) is 32.6 Å². The van der Waals surface area contributed by atoms with E-state index in [9.17, 15) is 13.2 Å². The maximum absolute atomic E-state index is 13.6. The first-order valence-electron chi connectivity index (χ1n) is 12.4. The van der Waals surface area contributed by atoms with Crippen LogP contribution in [-0.4, -0.2) is 36.8 Å². The minimum Gasteiger partial charge on any atom is -0.465 e. The van der Waals surface area contributed by atoms with Crippen molar-refractivity contribution in [1.82, 2.24) is 9.29 Å². The third-order valence-corrected chi connectivity index (χ3v) is 8.40. The van der Waals surface area contributed by atoms with Gasteiger partial charge in [-0.25, -0.2) is 13.4 Å². The minimum atomic E-state index is -3.78. The molecule has 0 bridgehead atoms. The fraction of sp³-hybridized carbons (Fsp3) is 0.200. The van der Waals surface area contributed by atoms with Crippen molar-refractivity contribution < 1.29 is 17.9 Å². The van der Waals surface area contributed by atoms with Gasteiger partial charge in [-0.2, -0.15) is 15.6 Å². The number of sulfonamides is 1. The third-order valence-electron chi connectivity index (χ3n) is 5.78. The number of rotatable bonds is 11. The van der Waals surface area contributed by atoms with Crippen LogP contribution in [0, 0.1) is 11.8 Å². The van der Waals surface area contributed by atoms with Gasteiger partial charge >= 0.3 is 5.97 Å². The second-order valence-electron chi connectivity index (χ2n) is 8.56. The molecular weight excluding hydrogens is 530 g/mol. The smallest absolute Gasteiger partial charge is 0.325 e. The molecule has 0 fully saturated rings. The molecule has 39 heavy (non-hydrogen) atoms. The van der Waals surface area contributed by atoms with Gasteiger partial charge in [0.05, 0.1) is 23.7 Å². The van der Waals surface area contributed by atoms with Gasteiger partial charge in [0.15, 0.2) is 0 Å². The molecule has 0 amide bonds. The number of carbonyl (C=O) groups is 1. The number of thiophene rings is 1. The summed E-state index contributed by atoms with van der Waals surface area (Å²) in [4.78, 5) is 16.5. The number of ether oxygens (including phenoxy) is 1. The van der Waals surface area contributed by atoms with Crippen LogP contribution in [0.25, 0.3) is 11.1 Å². The maximum atomic E-state index is 13.6. The Morgan fingerprint density at radius 3 is 2.54 bits per heavy atom. The quantitative estimate of drug-likeness (QED) is 0.192. The molecule has 200 valence electrons. The number of benzene rings is 2. The standard InChI is InChI=1S/C30H29N3O4S2/c1-3-7-23-8-5-9-26(18-23)25-14-12-24(13-15-25)20-33(39(35,36)28-16-17-38-22-28)21-27-10-6-11-29(32-27)31-19-30(34)37-4-2/h5-6,8-18,22H,4,19-21H2,1-2H3,(H,31,32). The highest BCUT2D eigenvalue weighted by Crippen LogP contribution is 2.25. The van der Waals surface area contributed by atoms with Gasteiger partial charge in [0.2, 0.25) is 10.0 Å². The molecule has 1 N–H and O–H groups in total. The van der Waals surface area contributed by atoms with Crippen LogP contribution in [0.3, 0.4) is 0 Å². The fourth-order valence-corrected chi connectivity index (χ4v) is 6.34. The van der Waals surface area contributed by atoms with Crippen molar-refractivity contribution in [3.63, 3.8) is 0 Å². The fourth-order valence-electron chi connectivity index (χ4n) is 3.92. The van der Waals surface area contributed by atoms with E-state index in [-0.39, 0.29) is 30.5 Å². The third kappa shape index (κ3) is 7.54. The van der Waals surface area contributed by atoms with Gasteiger partial charge in [-0.15, -0.1) is 5.92 Å². The first-order valence-corrected chi connectivity index (χ1v) is 14.8. The maximum Gasteiger partial charge on any atom is 0.325 e. The SMILES string of the molecule is CC#Cc1cccc(-c2ccc(CN(Cc3cccc(NCC(=O)OCC)n3)S(=O)(=O)c3ccsc3)cc2)c1. The minimum absolute atomic E-state index is 0.0263. The van der Waals surface area contributed by atoms with Crippen molar-refractivity contribution in [2.24, 2.45) is 0 Å². The van der Waals surface area contributed by atoms with E-state index in [1.165, 1.54) is 15.6 Å². The molecule has 0 aliphatic rings. The highest BCUT2D eigenvalue weighted by Gasteiger charge is 2.26. The first kappa shape index (κ1) is 28.0. The second-order valence-corrected chi connectivity index (χ2v) is 11.3. The molecule has 0 aliphatic carbocycles. The number of hydrogen-bond acceptors (Lipinski definition) is 7. The van der Waals surface area contributed by atoms with E-state index in [1.54, 1.807) is 41.9 Å². The zero-order valence-corrected chi connectivity index (χ0v) is 23.4. The number of carbonyl (C=O) groups excluding carboxylic acids is 1. The number of nitrogens with zero attached hydrogens (tertiary/aromatic N) is 2. The Morgan fingerprint density at radius 2 is 1.82 bits per heavy atom. The molecule has 0 saturated carbocycles. The van der Waals surface area contributed by atoms with Gasteiger partial charge in [-0.1, -0.05) is 48.4 Å². The van der Waals surface area contributed by atoms with Gasteiger partial charge in [-0.3, -0.25) is 4.79 Å². The predicted octanol–water partition coefficient (Wildman–Crippen LogP) is 5.55. The van der Waals surface area contributed by atoms with Crippen molar-refractivity contribution >= 4 is 33.1 Å². The van der Waals surface area contributed by atoms with E-state index in [1.807, 2.05) is 55.5 Å². The summed E-state index contributed by atoms with van der Waals surface area (Å²) in [6.07, 6.45) is 0. The summed E-state index contributed by atoms with van der Waals surface area (Å²) in [5.41, 5.74) is 4.40. The number of esters is 1. The molecule has 9 heteroatoms. The number of aromatic nitrogens is 1. The molecule has 2 aromatic carbocycles. The van der Waals surface area contributed by atoms with Gasteiger partial charge < -0.3 is 10.1 Å². The van der Waals surface area contributed by atoms with Crippen molar-refractivity contribution in [1.29, 1.82) is 0 Å². The Bertz CT molecular complexity index is 1570. The molecule has 0 aliphatic heterocycles. The lowest BCUT2D eigenvalue weighted by atomic mass is 10.0. The van der Waals surface area contributed by atoms with E-state index in [2.05, 4.69) is 22.1 Å². The highest BCUT2D eigenvalue weighted by molar-refractivity contribution is 7.89. The molecule has 0 unspecified atom stereocenters. The summed E-state index contributed by atoms with van der Waals surface area (Å²) in [5, 5.41) is 6.30. The van der Waals surface area contributed by atoms with Gasteiger partial charge in [0.1, 0.15) is 12.4 Å². The Labute approximate surface area is 233 Å². The van der Waals surface area contributed by atoms with E-state index in [0.717, 1.165) is 22.3 Å². The van der Waals surface area contributed by atoms with E-state index in [0.29, 0.717) is 18.1 Å². The number of pyridine rings is 1. The lowest BCUT2D eigenvalue weighted by molar-refractivity contribution is -0.140. The molecule has 7 nitrogen and oxygen atoms in total. The number of nitrogens with one attached hydrogen (secondary N) is 1. The molecule has 4 rings (SSSR count). The molecule has 0 spiro atoms. The summed E-state index contributed by atoms with van der Waals surface area (Å²) in [7, 11) is -3.78. The predicted molar refractivity (Wildman–Crippen MR) is 155 cm³/mol. The Hall–Kier alpha value is -3.97. The zero-order valence-electron chi connectivity index (χ0n) is 21.8. The Kier molecular flexibility index (Phi) is 9.49. The van der Waals surface area contributed by atoms with Gasteiger partial charge in [0.25, 0.3) is 0 Å². The van der Waals surface area contributed by atoms with Crippen LogP contribution in [0.4, 0.5) is 5.82 Å². The van der Waals surface area contributed by atoms with E-state index >= 15 is 0 Å². The number of anilines is 1. The molecule has 0 atom stereocenters.